The molecule has 0 aliphatic carbocycles. The number of nitrogens with zero attached hydrogens (tertiary/aromatic N) is 1. The van der Waals surface area contributed by atoms with Gasteiger partial charge in [-0.15, -0.1) is 0 Å². The predicted molar refractivity (Wildman–Crippen MR) is 49.8 cm³/mol. The quantitative estimate of drug-likeness (QED) is 0.791. The molecular weight excluding hydrogens is 182 g/mol. The molecule has 0 spiro atoms. The van der Waals surface area contributed by atoms with E-state index in [9.17, 15) is 4.79 Å². The van der Waals surface area contributed by atoms with Crippen molar-refractivity contribution in [1.29, 1.82) is 0 Å². The van der Waals surface area contributed by atoms with Crippen LogP contribution in [0.4, 0.5) is 0 Å². The number of furan rings is 1. The fraction of sp³-hybridized carbons (Fsp3) is 0.500. The fourth-order valence-electron chi connectivity index (χ4n) is 1.69. The molecule has 4 heteroatoms. The highest BCUT2D eigenvalue weighted by atomic mass is 16.4. The summed E-state index contributed by atoms with van der Waals surface area (Å²) in [6.45, 7) is 3.27. The summed E-state index contributed by atoms with van der Waals surface area (Å²) in [6, 6.07) is 3.94. The van der Waals surface area contributed by atoms with Crippen molar-refractivity contribution in [3.63, 3.8) is 0 Å². The van der Waals surface area contributed by atoms with Crippen LogP contribution < -0.4 is 0 Å². The Morgan fingerprint density at radius 3 is 2.93 bits per heavy atom. The van der Waals surface area contributed by atoms with Gasteiger partial charge in [-0.1, -0.05) is 0 Å². The van der Waals surface area contributed by atoms with Crippen LogP contribution in [0, 0.1) is 5.92 Å². The Hall–Kier alpha value is -1.29. The van der Waals surface area contributed by atoms with Crippen LogP contribution in [0.5, 0.6) is 0 Å². The molecule has 2 rings (SSSR count). The van der Waals surface area contributed by atoms with Crippen molar-refractivity contribution in [2.45, 2.75) is 13.0 Å². The minimum absolute atomic E-state index is 0.181. The van der Waals surface area contributed by atoms with Gasteiger partial charge in [-0.2, -0.15) is 0 Å². The molecule has 1 aromatic heterocycles. The van der Waals surface area contributed by atoms with Gasteiger partial charge < -0.3 is 9.52 Å². The molecule has 1 aromatic rings. The molecule has 0 radical (unpaired) electrons. The highest BCUT2D eigenvalue weighted by Gasteiger charge is 2.36. The van der Waals surface area contributed by atoms with Crippen LogP contribution in [0.15, 0.2) is 22.8 Å². The lowest BCUT2D eigenvalue weighted by atomic mass is 9.97. The van der Waals surface area contributed by atoms with Crippen molar-refractivity contribution in [2.75, 3.05) is 13.1 Å². The molecule has 2 heterocycles. The van der Waals surface area contributed by atoms with Crippen molar-refractivity contribution in [3.8, 4) is 0 Å². The zero-order valence-corrected chi connectivity index (χ0v) is 8.01. The normalized spacial score (nSPS) is 20.4. The Balaban J connectivity index is 1.91. The molecular formula is C10H13NO3. The molecule has 1 saturated heterocycles. The molecule has 4 nitrogen and oxygen atoms in total. The van der Waals surface area contributed by atoms with Crippen LogP contribution in [0.25, 0.3) is 0 Å². The van der Waals surface area contributed by atoms with E-state index in [0.717, 1.165) is 5.76 Å². The van der Waals surface area contributed by atoms with Crippen LogP contribution in [0.1, 0.15) is 18.7 Å². The topological polar surface area (TPSA) is 53.7 Å². The minimum atomic E-state index is -0.701. The Labute approximate surface area is 82.1 Å². The monoisotopic (exact) mass is 195 g/mol. The van der Waals surface area contributed by atoms with E-state index >= 15 is 0 Å². The minimum Gasteiger partial charge on any atom is -0.481 e. The Kier molecular flexibility index (Phi) is 2.29. The second-order valence-corrected chi connectivity index (χ2v) is 3.68. The largest absolute Gasteiger partial charge is 0.481 e. The molecule has 1 fully saturated rings. The second kappa shape index (κ2) is 3.46. The SMILES string of the molecule is C[C@@H](c1ccco1)N1CC(C(=O)O)C1. The summed E-state index contributed by atoms with van der Waals surface area (Å²) < 4.78 is 5.26. The molecule has 1 aliphatic heterocycles. The molecule has 0 aromatic carbocycles. The number of aliphatic carboxylic acids is 1. The lowest BCUT2D eigenvalue weighted by Gasteiger charge is -2.40. The summed E-state index contributed by atoms with van der Waals surface area (Å²) in [7, 11) is 0. The average Bonchev–Trinajstić information content (AvgIpc) is 2.51. The van der Waals surface area contributed by atoms with Crippen molar-refractivity contribution in [2.24, 2.45) is 5.92 Å². The molecule has 14 heavy (non-hydrogen) atoms. The second-order valence-electron chi connectivity index (χ2n) is 3.68. The van der Waals surface area contributed by atoms with E-state index in [1.54, 1.807) is 6.26 Å². The standard InChI is InChI=1S/C10H13NO3/c1-7(9-3-2-4-14-9)11-5-8(6-11)10(12)13/h2-4,7-8H,5-6H2,1H3,(H,12,13)/t7-/m0/s1. The highest BCUT2D eigenvalue weighted by molar-refractivity contribution is 5.71. The molecule has 0 amide bonds. The number of rotatable bonds is 3. The number of carboxylic acids is 1. The molecule has 76 valence electrons. The number of carboxylic acid groups (broad SMARTS) is 1. The molecule has 1 N–H and O–H groups in total. The summed E-state index contributed by atoms with van der Waals surface area (Å²) in [4.78, 5) is 12.7. The fourth-order valence-corrected chi connectivity index (χ4v) is 1.69. The maximum Gasteiger partial charge on any atom is 0.309 e. The van der Waals surface area contributed by atoms with Gasteiger partial charge in [0.25, 0.3) is 0 Å². The Morgan fingerprint density at radius 2 is 2.43 bits per heavy atom. The van der Waals surface area contributed by atoms with Gasteiger partial charge in [-0.25, -0.2) is 0 Å². The van der Waals surface area contributed by atoms with Gasteiger partial charge in [0.1, 0.15) is 5.76 Å². The van der Waals surface area contributed by atoms with Gasteiger partial charge in [-0.05, 0) is 19.1 Å². The van der Waals surface area contributed by atoms with Crippen LogP contribution in [0.3, 0.4) is 0 Å². The zero-order chi connectivity index (χ0) is 10.1. The van der Waals surface area contributed by atoms with E-state index in [1.165, 1.54) is 0 Å². The summed E-state index contributed by atoms with van der Waals surface area (Å²) >= 11 is 0. The van der Waals surface area contributed by atoms with E-state index in [0.29, 0.717) is 13.1 Å². The van der Waals surface area contributed by atoms with Crippen molar-refractivity contribution in [1.82, 2.24) is 4.90 Å². The van der Waals surface area contributed by atoms with E-state index in [4.69, 9.17) is 9.52 Å². The lowest BCUT2D eigenvalue weighted by molar-refractivity contribution is -0.148. The first-order chi connectivity index (χ1) is 6.68. The van der Waals surface area contributed by atoms with Crippen molar-refractivity contribution in [3.05, 3.63) is 24.2 Å². The van der Waals surface area contributed by atoms with Crippen LogP contribution >= 0.6 is 0 Å². The Morgan fingerprint density at radius 1 is 1.71 bits per heavy atom. The third-order valence-corrected chi connectivity index (χ3v) is 2.76. The van der Waals surface area contributed by atoms with Gasteiger partial charge in [0, 0.05) is 13.1 Å². The number of hydrogen-bond acceptors (Lipinski definition) is 3. The molecule has 1 aliphatic rings. The van der Waals surface area contributed by atoms with Crippen LogP contribution in [-0.4, -0.2) is 29.1 Å². The maximum absolute atomic E-state index is 10.6. The summed E-state index contributed by atoms with van der Waals surface area (Å²) in [5, 5.41) is 8.71. The van der Waals surface area contributed by atoms with Gasteiger partial charge in [-0.3, -0.25) is 9.69 Å². The third-order valence-electron chi connectivity index (χ3n) is 2.76. The highest BCUT2D eigenvalue weighted by Crippen LogP contribution is 2.28. The average molecular weight is 195 g/mol. The molecule has 1 atom stereocenters. The molecule has 0 bridgehead atoms. The van der Waals surface area contributed by atoms with E-state index in [2.05, 4.69) is 4.90 Å². The van der Waals surface area contributed by atoms with Gasteiger partial charge in [0.15, 0.2) is 0 Å². The molecule has 0 unspecified atom stereocenters. The first kappa shape index (κ1) is 9.27. The van der Waals surface area contributed by atoms with Crippen molar-refractivity contribution >= 4 is 5.97 Å². The summed E-state index contributed by atoms with van der Waals surface area (Å²) in [5.74, 6) is -0.00542. The number of likely N-dealkylation sites (tertiary alicyclic amines) is 1. The summed E-state index contributed by atoms with van der Waals surface area (Å²) in [5.41, 5.74) is 0. The summed E-state index contributed by atoms with van der Waals surface area (Å²) in [6.07, 6.45) is 1.64. The van der Waals surface area contributed by atoms with E-state index in [1.807, 2.05) is 19.1 Å². The van der Waals surface area contributed by atoms with Gasteiger partial charge >= 0.3 is 5.97 Å². The van der Waals surface area contributed by atoms with E-state index in [-0.39, 0.29) is 12.0 Å². The zero-order valence-electron chi connectivity index (χ0n) is 8.01. The lowest BCUT2D eigenvalue weighted by Crippen LogP contribution is -2.51. The van der Waals surface area contributed by atoms with Crippen molar-refractivity contribution < 1.29 is 14.3 Å². The van der Waals surface area contributed by atoms with E-state index < -0.39 is 5.97 Å². The van der Waals surface area contributed by atoms with Crippen LogP contribution in [-0.2, 0) is 4.79 Å². The molecule has 0 saturated carbocycles. The number of hydrogen-bond donors (Lipinski definition) is 1. The first-order valence-corrected chi connectivity index (χ1v) is 4.68. The maximum atomic E-state index is 10.6. The van der Waals surface area contributed by atoms with Gasteiger partial charge in [0.05, 0.1) is 18.2 Å². The first-order valence-electron chi connectivity index (χ1n) is 4.68. The number of carbonyl (C=O) groups is 1. The smallest absolute Gasteiger partial charge is 0.309 e. The third kappa shape index (κ3) is 1.53. The predicted octanol–water partition coefficient (Wildman–Crippen LogP) is 1.36. The van der Waals surface area contributed by atoms with Crippen LogP contribution in [0.2, 0.25) is 0 Å². The van der Waals surface area contributed by atoms with Gasteiger partial charge in [0.2, 0.25) is 0 Å². The Bertz CT molecular complexity index is 314.